The van der Waals surface area contributed by atoms with Gasteiger partial charge in [0.2, 0.25) is 0 Å². The van der Waals surface area contributed by atoms with Crippen LogP contribution in [0.3, 0.4) is 0 Å². The Morgan fingerprint density at radius 3 is 1.88 bits per heavy atom. The fourth-order valence-corrected chi connectivity index (χ4v) is 1.17. The van der Waals surface area contributed by atoms with Crippen LogP contribution in [-0.2, 0) is 0 Å². The molecule has 0 saturated heterocycles. The monoisotopic (exact) mass is 124 g/mol. The van der Waals surface area contributed by atoms with E-state index in [1.54, 1.807) is 0 Å². The molecule has 0 rings (SSSR count). The maximum atomic E-state index is 3.94. The van der Waals surface area contributed by atoms with Gasteiger partial charge < -0.3 is 6.92 Å². The molecule has 0 saturated carbocycles. The molecule has 0 bridgehead atoms. The van der Waals surface area contributed by atoms with Crippen LogP contribution in [0.4, 0.5) is 0 Å². The maximum Gasteiger partial charge on any atom is 1.00 e. The van der Waals surface area contributed by atoms with Crippen LogP contribution in [0.5, 0.6) is 0 Å². The van der Waals surface area contributed by atoms with Crippen LogP contribution in [0, 0.1) is 12.3 Å². The van der Waals surface area contributed by atoms with E-state index in [1.807, 2.05) is 11.8 Å². The van der Waals surface area contributed by atoms with Crippen molar-refractivity contribution in [1.82, 2.24) is 0 Å². The van der Waals surface area contributed by atoms with Crippen molar-refractivity contribution in [2.45, 2.75) is 13.8 Å². The summed E-state index contributed by atoms with van der Waals surface area (Å²) in [7, 11) is 0. The summed E-state index contributed by atoms with van der Waals surface area (Å²) in [5.74, 6) is 1.15. The summed E-state index contributed by atoms with van der Waals surface area (Å²) in [4.78, 5) is 0. The summed E-state index contributed by atoms with van der Waals surface area (Å²) in [6.45, 7) is 8.22. The smallest absolute Gasteiger partial charge is 0.337 e. The summed E-state index contributed by atoms with van der Waals surface area (Å²) in [6.07, 6.45) is 2.10. The molecule has 0 aliphatic heterocycles. The quantitative estimate of drug-likeness (QED) is 0.343. The second-order valence-corrected chi connectivity index (χ2v) is 3.46. The normalized spacial score (nSPS) is 10.5. The predicted molar refractivity (Wildman–Crippen MR) is 37.5 cm³/mol. The largest absolute Gasteiger partial charge is 1.00 e. The molecule has 0 aliphatic carbocycles. The van der Waals surface area contributed by atoms with Gasteiger partial charge in [-0.25, -0.2) is 0 Å². The zero-order valence-electron chi connectivity index (χ0n) is 6.32. The van der Waals surface area contributed by atoms with Gasteiger partial charge in [0.05, 0.1) is 0 Å². The third-order valence-corrected chi connectivity index (χ3v) is 1.61. The van der Waals surface area contributed by atoms with Crippen LogP contribution < -0.4 is 18.9 Å². The van der Waals surface area contributed by atoms with Crippen molar-refractivity contribution >= 4 is 11.8 Å². The molecule has 8 heavy (non-hydrogen) atoms. The van der Waals surface area contributed by atoms with Crippen molar-refractivity contribution in [2.75, 3.05) is 12.0 Å². The maximum absolute atomic E-state index is 3.94. The summed E-state index contributed by atoms with van der Waals surface area (Å²) in [5, 5.41) is 0. The zero-order chi connectivity index (χ0) is 5.91. The molecule has 0 aromatic heterocycles. The second-order valence-electron chi connectivity index (χ2n) is 2.60. The van der Waals surface area contributed by atoms with E-state index in [4.69, 9.17) is 0 Å². The molecule has 2 heteroatoms. The van der Waals surface area contributed by atoms with Crippen LogP contribution >= 0.6 is 11.8 Å². The van der Waals surface area contributed by atoms with E-state index in [0.717, 1.165) is 5.75 Å². The van der Waals surface area contributed by atoms with Crippen molar-refractivity contribution in [3.8, 4) is 0 Å². The second kappa shape index (κ2) is 4.79. The minimum absolute atomic E-state index is 0. The number of hydrogen-bond donors (Lipinski definition) is 0. The van der Waals surface area contributed by atoms with Gasteiger partial charge in [-0.05, 0) is 12.0 Å². The van der Waals surface area contributed by atoms with E-state index in [-0.39, 0.29) is 24.3 Å². The Bertz CT molecular complexity index is 47.0. The van der Waals surface area contributed by atoms with Crippen LogP contribution in [0.25, 0.3) is 0 Å². The third-order valence-electron chi connectivity index (χ3n) is 0.535. The molecule has 0 amide bonds. The molecule has 0 aromatic carbocycles. The summed E-state index contributed by atoms with van der Waals surface area (Å²) in [6, 6.07) is 0. The van der Waals surface area contributed by atoms with E-state index in [1.165, 1.54) is 0 Å². The van der Waals surface area contributed by atoms with Gasteiger partial charge in [0, 0.05) is 0 Å². The van der Waals surface area contributed by atoms with E-state index in [2.05, 4.69) is 27.0 Å². The molecule has 44 valence electrons. The first-order chi connectivity index (χ1) is 3.06. The third kappa shape index (κ3) is 10.0. The van der Waals surface area contributed by atoms with Crippen molar-refractivity contribution in [3.05, 3.63) is 6.92 Å². The summed E-state index contributed by atoms with van der Waals surface area (Å²) >= 11 is 1.85. The molecular weight excluding hydrogens is 111 g/mol. The summed E-state index contributed by atoms with van der Waals surface area (Å²) < 4.78 is 0. The van der Waals surface area contributed by atoms with Gasteiger partial charge in [-0.3, -0.25) is 0 Å². The van der Waals surface area contributed by atoms with Gasteiger partial charge in [-0.15, -0.1) is 0 Å². The average molecular weight is 124 g/mol. The Morgan fingerprint density at radius 2 is 1.88 bits per heavy atom. The van der Waals surface area contributed by atoms with Gasteiger partial charge in [-0.1, -0.05) is 13.8 Å². The standard InChI is InChI=1S/C6H13S.Li/c1-6(2,3)5-7-4;/h1,5H2,2-4H3;/q-1;+1. The van der Waals surface area contributed by atoms with Gasteiger partial charge in [0.1, 0.15) is 0 Å². The fraction of sp³-hybridized carbons (Fsp3) is 0.833. The molecular formula is C6H13LiS. The Balaban J connectivity index is 0. The Morgan fingerprint density at radius 1 is 1.50 bits per heavy atom. The Labute approximate surface area is 69.0 Å². The first kappa shape index (κ1) is 11.7. The molecule has 0 nitrogen and oxygen atoms in total. The van der Waals surface area contributed by atoms with E-state index in [0.29, 0.717) is 0 Å². The van der Waals surface area contributed by atoms with Crippen LogP contribution in [0.15, 0.2) is 0 Å². The molecule has 0 heterocycles. The molecule has 0 unspecified atom stereocenters. The van der Waals surface area contributed by atoms with Gasteiger partial charge in [0.25, 0.3) is 0 Å². The Kier molecular flexibility index (Phi) is 7.01. The van der Waals surface area contributed by atoms with Crippen molar-refractivity contribution in [2.24, 2.45) is 5.41 Å². The molecule has 0 radical (unpaired) electrons. The minimum atomic E-state index is 0. The molecule has 0 aliphatic rings. The molecule has 0 atom stereocenters. The summed E-state index contributed by atoms with van der Waals surface area (Å²) in [5.41, 5.74) is 0.263. The number of thioether (sulfide) groups is 1. The van der Waals surface area contributed by atoms with Gasteiger partial charge in [-0.2, -0.15) is 17.2 Å². The van der Waals surface area contributed by atoms with E-state index < -0.39 is 0 Å². The minimum Gasteiger partial charge on any atom is -0.337 e. The number of hydrogen-bond acceptors (Lipinski definition) is 1. The number of rotatable bonds is 2. The van der Waals surface area contributed by atoms with Gasteiger partial charge >= 0.3 is 18.9 Å². The van der Waals surface area contributed by atoms with Crippen molar-refractivity contribution in [1.29, 1.82) is 0 Å². The molecule has 0 N–H and O–H groups in total. The first-order valence-corrected chi connectivity index (χ1v) is 3.80. The van der Waals surface area contributed by atoms with Crippen molar-refractivity contribution < 1.29 is 18.9 Å². The van der Waals surface area contributed by atoms with Gasteiger partial charge in [0.15, 0.2) is 0 Å². The van der Waals surface area contributed by atoms with E-state index in [9.17, 15) is 0 Å². The average Bonchev–Trinajstić information content (AvgIpc) is 1.30. The molecule has 0 fully saturated rings. The fourth-order valence-electron chi connectivity index (χ4n) is 0.391. The Hall–Kier alpha value is 0.947. The first-order valence-electron chi connectivity index (χ1n) is 2.40. The molecule has 0 aromatic rings. The van der Waals surface area contributed by atoms with Crippen LogP contribution in [0.1, 0.15) is 13.8 Å². The van der Waals surface area contributed by atoms with Crippen LogP contribution in [0.2, 0.25) is 0 Å². The zero-order valence-corrected chi connectivity index (χ0v) is 7.14. The van der Waals surface area contributed by atoms with Crippen LogP contribution in [-0.4, -0.2) is 12.0 Å². The molecule has 0 spiro atoms. The van der Waals surface area contributed by atoms with E-state index >= 15 is 0 Å². The topological polar surface area (TPSA) is 0 Å². The van der Waals surface area contributed by atoms with Crippen molar-refractivity contribution in [3.63, 3.8) is 0 Å². The SMILES string of the molecule is [CH2-]C(C)(C)CSC.[Li+]. The predicted octanol–water partition coefficient (Wildman–Crippen LogP) is -0.786.